The molecule has 4 rings (SSSR count). The first kappa shape index (κ1) is 17.9. The summed E-state index contributed by atoms with van der Waals surface area (Å²) in [5.74, 6) is -1.17. The molecule has 2 heterocycles. The van der Waals surface area contributed by atoms with Gasteiger partial charge < -0.3 is 5.32 Å². The highest BCUT2D eigenvalue weighted by Gasteiger charge is 2.45. The molecule has 142 valence electrons. The second-order valence-corrected chi connectivity index (χ2v) is 8.42. The molecule has 2 aromatic carbocycles. The number of anilines is 1. The van der Waals surface area contributed by atoms with Gasteiger partial charge in [-0.15, -0.1) is 0 Å². The minimum absolute atomic E-state index is 0.0542. The van der Waals surface area contributed by atoms with Gasteiger partial charge in [-0.05, 0) is 18.2 Å². The maximum Gasteiger partial charge on any atom is 0.273 e. The summed E-state index contributed by atoms with van der Waals surface area (Å²) in [5.41, 5.74) is 0.291. The fourth-order valence-electron chi connectivity index (χ4n) is 3.19. The lowest BCUT2D eigenvalue weighted by atomic mass is 10.1. The van der Waals surface area contributed by atoms with Crippen LogP contribution in [0.5, 0.6) is 0 Å². The third-order valence-electron chi connectivity index (χ3n) is 4.51. The van der Waals surface area contributed by atoms with Crippen molar-refractivity contribution in [3.8, 4) is 5.69 Å². The highest BCUT2D eigenvalue weighted by atomic mass is 32.2. The molecule has 1 aliphatic heterocycles. The Balaban J connectivity index is 1.54. The van der Waals surface area contributed by atoms with Gasteiger partial charge >= 0.3 is 0 Å². The highest BCUT2D eigenvalue weighted by Crippen LogP contribution is 2.32. The molecule has 0 aliphatic carbocycles. The van der Waals surface area contributed by atoms with Gasteiger partial charge in [0.2, 0.25) is 5.91 Å². The van der Waals surface area contributed by atoms with Gasteiger partial charge in [0.25, 0.3) is 5.56 Å². The van der Waals surface area contributed by atoms with Crippen molar-refractivity contribution < 1.29 is 18.0 Å². The van der Waals surface area contributed by atoms with Gasteiger partial charge in [-0.2, -0.15) is 0 Å². The summed E-state index contributed by atoms with van der Waals surface area (Å²) < 4.78 is 26.4. The average Bonchev–Trinajstić information content (AvgIpc) is 3.13. The lowest BCUT2D eigenvalue weighted by Gasteiger charge is -2.08. The van der Waals surface area contributed by atoms with Gasteiger partial charge in [0.1, 0.15) is 11.1 Å². The summed E-state index contributed by atoms with van der Waals surface area (Å²) in [6.07, 6.45) is -0.533. The van der Waals surface area contributed by atoms with Crippen LogP contribution in [0.4, 0.5) is 5.82 Å². The number of rotatable bonds is 4. The molecule has 3 aromatic rings. The summed E-state index contributed by atoms with van der Waals surface area (Å²) in [6.45, 7) is 0. The number of hydrogen-bond donors (Lipinski definition) is 2. The number of carbonyl (C=O) groups is 2. The van der Waals surface area contributed by atoms with Crippen LogP contribution in [0.1, 0.15) is 16.8 Å². The third kappa shape index (κ3) is 2.95. The number of fused-ring (bicyclic) bond motifs is 1. The van der Waals surface area contributed by atoms with E-state index < -0.39 is 38.8 Å². The van der Waals surface area contributed by atoms with Crippen LogP contribution >= 0.6 is 0 Å². The zero-order valence-corrected chi connectivity index (χ0v) is 15.3. The largest absolute Gasteiger partial charge is 0.311 e. The molecule has 0 saturated heterocycles. The van der Waals surface area contributed by atoms with Gasteiger partial charge in [0, 0.05) is 11.6 Å². The number of ketones is 1. The fraction of sp³-hybridized carbons (Fsp3) is 0.105. The second kappa shape index (κ2) is 6.61. The minimum Gasteiger partial charge on any atom is -0.311 e. The molecule has 0 bridgehead atoms. The van der Waals surface area contributed by atoms with E-state index in [2.05, 4.69) is 10.4 Å². The smallest absolute Gasteiger partial charge is 0.273 e. The predicted molar refractivity (Wildman–Crippen MR) is 101 cm³/mol. The van der Waals surface area contributed by atoms with Gasteiger partial charge in [0.15, 0.2) is 15.6 Å². The Morgan fingerprint density at radius 1 is 1.04 bits per heavy atom. The molecule has 8 nitrogen and oxygen atoms in total. The van der Waals surface area contributed by atoms with Crippen LogP contribution in [0.2, 0.25) is 0 Å². The normalized spacial score (nSPS) is 17.3. The second-order valence-electron chi connectivity index (χ2n) is 6.33. The zero-order chi connectivity index (χ0) is 19.9. The molecule has 9 heteroatoms. The van der Waals surface area contributed by atoms with Gasteiger partial charge in [-0.1, -0.05) is 36.4 Å². The van der Waals surface area contributed by atoms with E-state index in [9.17, 15) is 22.8 Å². The quantitative estimate of drug-likeness (QED) is 0.692. The Bertz CT molecular complexity index is 1240. The van der Waals surface area contributed by atoms with Crippen LogP contribution < -0.4 is 10.9 Å². The number of H-pyrrole nitrogens is 1. The molecule has 0 fully saturated rings. The fourth-order valence-corrected chi connectivity index (χ4v) is 5.02. The number of nitrogens with zero attached hydrogens (tertiary/aromatic N) is 1. The first-order valence-electron chi connectivity index (χ1n) is 8.42. The monoisotopic (exact) mass is 397 g/mol. The number of aromatic nitrogens is 2. The Morgan fingerprint density at radius 2 is 1.71 bits per heavy atom. The maximum atomic E-state index is 12.6. The first-order chi connectivity index (χ1) is 13.4. The van der Waals surface area contributed by atoms with Gasteiger partial charge in [-0.25, -0.2) is 13.1 Å². The standard InChI is InChI=1S/C19H15N3O5S/c23-17(10-15-19(25)13-8-4-5-9-14(13)28(15,26)27)20-16-11-18(24)22(21-16)12-6-2-1-3-7-12/h1-9,11,15,21H,10H2,(H,20,23). The number of sulfone groups is 1. The van der Waals surface area contributed by atoms with Crippen molar-refractivity contribution in [2.24, 2.45) is 0 Å². The molecule has 1 aliphatic rings. The van der Waals surface area contributed by atoms with E-state index in [4.69, 9.17) is 0 Å². The number of aromatic amines is 1. The molecule has 1 atom stereocenters. The van der Waals surface area contributed by atoms with Crippen molar-refractivity contribution in [3.63, 3.8) is 0 Å². The van der Waals surface area contributed by atoms with E-state index in [0.29, 0.717) is 5.69 Å². The number of amides is 1. The van der Waals surface area contributed by atoms with Crippen molar-refractivity contribution in [3.05, 3.63) is 76.6 Å². The number of carbonyl (C=O) groups excluding carboxylic acids is 2. The van der Waals surface area contributed by atoms with Gasteiger partial charge in [0.05, 0.1) is 17.0 Å². The summed E-state index contributed by atoms with van der Waals surface area (Å²) >= 11 is 0. The summed E-state index contributed by atoms with van der Waals surface area (Å²) in [6, 6.07) is 15.8. The van der Waals surface area contributed by atoms with Crippen LogP contribution in [-0.2, 0) is 14.6 Å². The first-order valence-corrected chi connectivity index (χ1v) is 9.97. The SMILES string of the molecule is O=C(CC1C(=O)c2ccccc2S1(=O)=O)Nc1cc(=O)n(-c2ccccc2)[nH]1. The number of benzene rings is 2. The molecular formula is C19H15N3O5S. The lowest BCUT2D eigenvalue weighted by Crippen LogP contribution is -2.29. The Labute approximate surface area is 159 Å². The Hall–Kier alpha value is -3.46. The minimum atomic E-state index is -3.92. The molecule has 1 amide bonds. The summed E-state index contributed by atoms with van der Waals surface area (Å²) in [5, 5.41) is 3.73. The van der Waals surface area contributed by atoms with E-state index in [0.717, 1.165) is 0 Å². The molecular weight excluding hydrogens is 382 g/mol. The number of nitrogens with one attached hydrogen (secondary N) is 2. The van der Waals surface area contributed by atoms with Crippen molar-refractivity contribution in [1.82, 2.24) is 9.78 Å². The average molecular weight is 397 g/mol. The molecule has 0 spiro atoms. The Morgan fingerprint density at radius 3 is 2.43 bits per heavy atom. The van der Waals surface area contributed by atoms with E-state index in [1.807, 2.05) is 0 Å². The van der Waals surface area contributed by atoms with Crippen LogP contribution in [-0.4, -0.2) is 35.1 Å². The number of para-hydroxylation sites is 1. The van der Waals surface area contributed by atoms with Gasteiger partial charge in [-0.3, -0.25) is 19.5 Å². The van der Waals surface area contributed by atoms with E-state index in [-0.39, 0.29) is 16.3 Å². The molecule has 28 heavy (non-hydrogen) atoms. The highest BCUT2D eigenvalue weighted by molar-refractivity contribution is 7.93. The zero-order valence-electron chi connectivity index (χ0n) is 14.5. The van der Waals surface area contributed by atoms with E-state index >= 15 is 0 Å². The Kier molecular flexibility index (Phi) is 4.23. The van der Waals surface area contributed by atoms with Crippen molar-refractivity contribution >= 4 is 27.3 Å². The molecule has 0 saturated carbocycles. The number of hydrogen-bond acceptors (Lipinski definition) is 5. The number of Topliss-reactive ketones (excluding diaryl/α,β-unsaturated/α-hetero) is 1. The summed E-state index contributed by atoms with van der Waals surface area (Å²) in [7, 11) is -3.92. The van der Waals surface area contributed by atoms with Crippen molar-refractivity contribution in [2.75, 3.05) is 5.32 Å². The van der Waals surface area contributed by atoms with E-state index in [1.54, 1.807) is 36.4 Å². The van der Waals surface area contributed by atoms with Crippen LogP contribution in [0.3, 0.4) is 0 Å². The molecule has 1 unspecified atom stereocenters. The molecule has 2 N–H and O–H groups in total. The lowest BCUT2D eigenvalue weighted by molar-refractivity contribution is -0.116. The predicted octanol–water partition coefficient (Wildman–Crippen LogP) is 1.53. The molecule has 1 aromatic heterocycles. The van der Waals surface area contributed by atoms with E-state index in [1.165, 1.54) is 28.9 Å². The molecule has 0 radical (unpaired) electrons. The topological polar surface area (TPSA) is 118 Å². The summed E-state index contributed by atoms with van der Waals surface area (Å²) in [4.78, 5) is 36.8. The van der Waals surface area contributed by atoms with Crippen LogP contribution in [0, 0.1) is 0 Å². The van der Waals surface area contributed by atoms with Crippen molar-refractivity contribution in [2.45, 2.75) is 16.6 Å². The third-order valence-corrected chi connectivity index (χ3v) is 6.60. The van der Waals surface area contributed by atoms with Crippen LogP contribution in [0.25, 0.3) is 5.69 Å². The maximum absolute atomic E-state index is 12.6. The van der Waals surface area contributed by atoms with Crippen molar-refractivity contribution in [1.29, 1.82) is 0 Å². The van der Waals surface area contributed by atoms with Crippen LogP contribution in [0.15, 0.2) is 70.4 Å².